The number of hydrogen-bond donors (Lipinski definition) is 0. The first-order valence-electron chi connectivity index (χ1n) is 9.31. The Hall–Kier alpha value is -2.69. The molecule has 0 spiro atoms. The van der Waals surface area contributed by atoms with Crippen molar-refractivity contribution in [2.75, 3.05) is 24.5 Å². The second-order valence-corrected chi connectivity index (χ2v) is 6.54. The monoisotopic (exact) mass is 351 g/mol. The minimum Gasteiger partial charge on any atom is -0.337 e. The van der Waals surface area contributed by atoms with E-state index in [-0.39, 0.29) is 11.8 Å². The fourth-order valence-corrected chi connectivity index (χ4v) is 3.38. The number of rotatable bonds is 6. The van der Waals surface area contributed by atoms with Crippen molar-refractivity contribution in [3.05, 3.63) is 59.4 Å². The number of fused-ring (bicyclic) bond motifs is 1. The van der Waals surface area contributed by atoms with Crippen LogP contribution in [0, 0.1) is 0 Å². The van der Waals surface area contributed by atoms with E-state index in [1.54, 1.807) is 23.1 Å². The molecule has 2 heterocycles. The van der Waals surface area contributed by atoms with Crippen LogP contribution in [0.1, 0.15) is 53.2 Å². The Labute approximate surface area is 154 Å². The van der Waals surface area contributed by atoms with E-state index in [1.165, 1.54) is 5.56 Å². The van der Waals surface area contributed by atoms with Gasteiger partial charge in [0.15, 0.2) is 0 Å². The molecule has 3 rings (SSSR count). The molecule has 1 aliphatic rings. The first-order valence-corrected chi connectivity index (χ1v) is 9.31. The summed E-state index contributed by atoms with van der Waals surface area (Å²) in [7, 11) is 0. The van der Waals surface area contributed by atoms with Crippen molar-refractivity contribution in [2.24, 2.45) is 0 Å². The van der Waals surface area contributed by atoms with E-state index >= 15 is 0 Å². The van der Waals surface area contributed by atoms with Crippen LogP contribution in [0.4, 0.5) is 5.69 Å². The molecule has 0 N–H and O–H groups in total. The summed E-state index contributed by atoms with van der Waals surface area (Å²) in [6.07, 6.45) is 2.64. The smallest absolute Gasteiger partial charge is 0.276 e. The number of amides is 2. The molecule has 0 fully saturated rings. The zero-order chi connectivity index (χ0) is 18.5. The van der Waals surface area contributed by atoms with Crippen LogP contribution in [0.3, 0.4) is 0 Å². The largest absolute Gasteiger partial charge is 0.337 e. The summed E-state index contributed by atoms with van der Waals surface area (Å²) in [5.74, 6) is -0.257. The number of carbonyl (C=O) groups excluding carboxylic acids is 2. The molecule has 2 aromatic rings. The third-order valence-electron chi connectivity index (χ3n) is 4.59. The molecule has 0 aliphatic carbocycles. The fourth-order valence-electron chi connectivity index (χ4n) is 3.38. The number of hydrogen-bond acceptors (Lipinski definition) is 3. The highest BCUT2D eigenvalue weighted by atomic mass is 16.2. The highest BCUT2D eigenvalue weighted by Gasteiger charge is 2.26. The van der Waals surface area contributed by atoms with Gasteiger partial charge in [-0.1, -0.05) is 38.1 Å². The highest BCUT2D eigenvalue weighted by Crippen LogP contribution is 2.28. The number of nitrogens with zero attached hydrogens (tertiary/aromatic N) is 3. The molecule has 0 unspecified atom stereocenters. The lowest BCUT2D eigenvalue weighted by Crippen LogP contribution is -2.34. The van der Waals surface area contributed by atoms with Crippen LogP contribution in [0.25, 0.3) is 0 Å². The lowest BCUT2D eigenvalue weighted by Gasteiger charge is -2.21. The van der Waals surface area contributed by atoms with Gasteiger partial charge in [-0.15, -0.1) is 0 Å². The Morgan fingerprint density at radius 2 is 1.69 bits per heavy atom. The third kappa shape index (κ3) is 3.62. The Bertz CT molecular complexity index is 797. The van der Waals surface area contributed by atoms with Crippen molar-refractivity contribution in [3.8, 4) is 0 Å². The second kappa shape index (κ2) is 8.13. The summed E-state index contributed by atoms with van der Waals surface area (Å²) in [5.41, 5.74) is 2.77. The van der Waals surface area contributed by atoms with Gasteiger partial charge in [-0.05, 0) is 43.0 Å². The summed E-state index contributed by atoms with van der Waals surface area (Å²) < 4.78 is 0. The van der Waals surface area contributed by atoms with Gasteiger partial charge in [0.05, 0.1) is 0 Å². The molecule has 0 saturated carbocycles. The van der Waals surface area contributed by atoms with Crippen molar-refractivity contribution in [1.82, 2.24) is 9.88 Å². The van der Waals surface area contributed by atoms with Crippen molar-refractivity contribution < 1.29 is 9.59 Å². The maximum atomic E-state index is 12.9. The number of carbonyl (C=O) groups is 2. The third-order valence-corrected chi connectivity index (χ3v) is 4.59. The SMILES string of the molecule is CCCN(CCC)C(=O)c1cccc(C(=O)N2CCc3ccccc32)n1. The van der Waals surface area contributed by atoms with E-state index in [2.05, 4.69) is 4.98 Å². The van der Waals surface area contributed by atoms with E-state index in [0.29, 0.717) is 31.0 Å². The lowest BCUT2D eigenvalue weighted by molar-refractivity contribution is 0.0749. The van der Waals surface area contributed by atoms with Crippen LogP contribution < -0.4 is 4.90 Å². The average molecular weight is 351 g/mol. The van der Waals surface area contributed by atoms with E-state index in [1.807, 2.05) is 43.0 Å². The van der Waals surface area contributed by atoms with Crippen LogP contribution in [0.15, 0.2) is 42.5 Å². The molecule has 0 atom stereocenters. The molecule has 1 aromatic carbocycles. The van der Waals surface area contributed by atoms with Crippen LogP contribution >= 0.6 is 0 Å². The van der Waals surface area contributed by atoms with Gasteiger partial charge in [0.1, 0.15) is 11.4 Å². The molecule has 1 aliphatic heterocycles. The number of aromatic nitrogens is 1. The highest BCUT2D eigenvalue weighted by molar-refractivity contribution is 6.06. The number of pyridine rings is 1. The second-order valence-electron chi connectivity index (χ2n) is 6.54. The molecule has 0 bridgehead atoms. The summed E-state index contributed by atoms with van der Waals surface area (Å²) in [4.78, 5) is 33.7. The maximum absolute atomic E-state index is 12.9. The molecule has 0 saturated heterocycles. The van der Waals surface area contributed by atoms with Crippen LogP contribution in [0.5, 0.6) is 0 Å². The average Bonchev–Trinajstić information content (AvgIpc) is 3.11. The molecule has 136 valence electrons. The minimum absolute atomic E-state index is 0.106. The van der Waals surface area contributed by atoms with Crippen molar-refractivity contribution >= 4 is 17.5 Å². The van der Waals surface area contributed by atoms with Gasteiger partial charge in [-0.25, -0.2) is 4.98 Å². The van der Waals surface area contributed by atoms with Gasteiger partial charge in [0, 0.05) is 25.3 Å². The molecule has 5 nitrogen and oxygen atoms in total. The molecule has 1 aromatic heterocycles. The van der Waals surface area contributed by atoms with Gasteiger partial charge in [-0.3, -0.25) is 9.59 Å². The van der Waals surface area contributed by atoms with Gasteiger partial charge in [-0.2, -0.15) is 0 Å². The summed E-state index contributed by atoms with van der Waals surface area (Å²) >= 11 is 0. The number of para-hydroxylation sites is 1. The molecule has 5 heteroatoms. The Morgan fingerprint density at radius 1 is 1.00 bits per heavy atom. The zero-order valence-electron chi connectivity index (χ0n) is 15.4. The molecule has 0 radical (unpaired) electrons. The first-order chi connectivity index (χ1) is 12.7. The summed E-state index contributed by atoms with van der Waals surface area (Å²) in [6.45, 7) is 6.15. The predicted octanol–water partition coefficient (Wildman–Crippen LogP) is 3.55. The number of anilines is 1. The van der Waals surface area contributed by atoms with Crippen molar-refractivity contribution in [2.45, 2.75) is 33.1 Å². The fraction of sp³-hybridized carbons (Fsp3) is 0.381. The minimum atomic E-state index is -0.151. The van der Waals surface area contributed by atoms with E-state index < -0.39 is 0 Å². The van der Waals surface area contributed by atoms with Crippen molar-refractivity contribution in [3.63, 3.8) is 0 Å². The summed E-state index contributed by atoms with van der Waals surface area (Å²) in [6, 6.07) is 13.0. The summed E-state index contributed by atoms with van der Waals surface area (Å²) in [5, 5.41) is 0. The van der Waals surface area contributed by atoms with Crippen molar-refractivity contribution in [1.29, 1.82) is 0 Å². The lowest BCUT2D eigenvalue weighted by atomic mass is 10.2. The predicted molar refractivity (Wildman–Crippen MR) is 103 cm³/mol. The van der Waals surface area contributed by atoms with E-state index in [0.717, 1.165) is 24.9 Å². The topological polar surface area (TPSA) is 53.5 Å². The normalized spacial score (nSPS) is 12.8. The Morgan fingerprint density at radius 3 is 2.42 bits per heavy atom. The standard InChI is InChI=1S/C21H25N3O2/c1-3-13-23(14-4-2)20(25)17-9-7-10-18(22-17)21(26)24-15-12-16-8-5-6-11-19(16)24/h5-11H,3-4,12-15H2,1-2H3. The van der Waals surface area contributed by atoms with Gasteiger partial charge < -0.3 is 9.80 Å². The van der Waals surface area contributed by atoms with Gasteiger partial charge in [0.25, 0.3) is 11.8 Å². The zero-order valence-corrected chi connectivity index (χ0v) is 15.4. The maximum Gasteiger partial charge on any atom is 0.276 e. The van der Waals surface area contributed by atoms with Crippen LogP contribution in [-0.2, 0) is 6.42 Å². The van der Waals surface area contributed by atoms with Gasteiger partial charge in [0.2, 0.25) is 0 Å². The quantitative estimate of drug-likeness (QED) is 0.800. The van der Waals surface area contributed by atoms with E-state index in [9.17, 15) is 9.59 Å². The molecule has 26 heavy (non-hydrogen) atoms. The number of benzene rings is 1. The van der Waals surface area contributed by atoms with E-state index in [4.69, 9.17) is 0 Å². The molecule has 2 amide bonds. The van der Waals surface area contributed by atoms with Gasteiger partial charge >= 0.3 is 0 Å². The van der Waals surface area contributed by atoms with Crippen LogP contribution in [0.2, 0.25) is 0 Å². The Kier molecular flexibility index (Phi) is 5.66. The first kappa shape index (κ1) is 18.1. The molecular formula is C21H25N3O2. The molecular weight excluding hydrogens is 326 g/mol. The van der Waals surface area contributed by atoms with Crippen LogP contribution in [-0.4, -0.2) is 41.3 Å². The Balaban J connectivity index is 1.83.